The Morgan fingerprint density at radius 3 is 2.58 bits per heavy atom. The minimum absolute atomic E-state index is 0.0285. The zero-order valence-corrected chi connectivity index (χ0v) is 22.6. The van der Waals surface area contributed by atoms with Crippen molar-refractivity contribution in [2.75, 3.05) is 19.8 Å². The fraction of sp³-hybridized carbons (Fsp3) is 0.536. The molecule has 1 spiro atoms. The Bertz CT molecular complexity index is 1380. The van der Waals surface area contributed by atoms with Crippen molar-refractivity contribution in [3.63, 3.8) is 0 Å². The number of ether oxygens (including phenoxy) is 3. The smallest absolute Gasteiger partial charge is 0.274 e. The summed E-state index contributed by atoms with van der Waals surface area (Å²) in [6.07, 6.45) is 3.41. The molecule has 40 heavy (non-hydrogen) atoms. The third-order valence-electron chi connectivity index (χ3n) is 7.97. The summed E-state index contributed by atoms with van der Waals surface area (Å²) in [5.74, 6) is -5.00. The average Bonchev–Trinajstić information content (AvgIpc) is 3.23. The Labute approximate surface area is 229 Å². The van der Waals surface area contributed by atoms with Crippen molar-refractivity contribution in [2.24, 2.45) is 0 Å². The van der Waals surface area contributed by atoms with Crippen molar-refractivity contribution >= 4 is 11.8 Å². The summed E-state index contributed by atoms with van der Waals surface area (Å²) < 4.78 is 61.2. The van der Waals surface area contributed by atoms with E-state index in [1.54, 1.807) is 16.4 Å². The highest BCUT2D eigenvalue weighted by atomic mass is 19.1. The molecule has 0 saturated carbocycles. The molecule has 9 nitrogen and oxygen atoms in total. The van der Waals surface area contributed by atoms with E-state index in [0.29, 0.717) is 31.4 Å². The minimum atomic E-state index is -1.17. The Kier molecular flexibility index (Phi) is 7.66. The first-order valence-corrected chi connectivity index (χ1v) is 13.5. The van der Waals surface area contributed by atoms with Gasteiger partial charge in [0.25, 0.3) is 11.8 Å². The Morgan fingerprint density at radius 1 is 1.20 bits per heavy atom. The Balaban J connectivity index is 1.60. The second-order valence-corrected chi connectivity index (χ2v) is 10.6. The number of nitrogens with zero attached hydrogens (tertiary/aromatic N) is 2. The largest absolute Gasteiger partial charge is 0.487 e. The molecule has 3 aliphatic heterocycles. The van der Waals surface area contributed by atoms with Crippen LogP contribution in [-0.2, 0) is 16.0 Å². The fourth-order valence-electron chi connectivity index (χ4n) is 5.71. The zero-order valence-electron chi connectivity index (χ0n) is 22.6. The number of nitrogens with one attached hydrogen (secondary N) is 1. The lowest BCUT2D eigenvalue weighted by Gasteiger charge is -2.42. The summed E-state index contributed by atoms with van der Waals surface area (Å²) in [6.45, 7) is 5.71. The maximum Gasteiger partial charge on any atom is 0.274 e. The van der Waals surface area contributed by atoms with E-state index in [4.69, 9.17) is 14.2 Å². The summed E-state index contributed by atoms with van der Waals surface area (Å²) in [5.41, 5.74) is -2.52. The summed E-state index contributed by atoms with van der Waals surface area (Å²) >= 11 is 0. The molecule has 1 N–H and O–H groups in total. The topological polar surface area (TPSA) is 99.1 Å². The van der Waals surface area contributed by atoms with Gasteiger partial charge in [-0.15, -0.1) is 0 Å². The molecule has 3 aliphatic rings. The van der Waals surface area contributed by atoms with E-state index in [2.05, 4.69) is 5.32 Å². The van der Waals surface area contributed by atoms with Gasteiger partial charge in [0.2, 0.25) is 5.43 Å². The molecule has 2 saturated heterocycles. The minimum Gasteiger partial charge on any atom is -0.487 e. The van der Waals surface area contributed by atoms with Crippen LogP contribution in [0.3, 0.4) is 0 Å². The molecule has 1 unspecified atom stereocenters. The van der Waals surface area contributed by atoms with Crippen molar-refractivity contribution in [3.8, 4) is 5.75 Å². The number of carbonyl (C=O) groups is 2. The van der Waals surface area contributed by atoms with Gasteiger partial charge in [-0.1, -0.05) is 13.3 Å². The molecular formula is C28H32F3N3O6. The van der Waals surface area contributed by atoms with Crippen LogP contribution < -0.4 is 15.5 Å². The van der Waals surface area contributed by atoms with Crippen molar-refractivity contribution in [1.82, 2.24) is 14.8 Å². The zero-order chi connectivity index (χ0) is 28.8. The number of halogens is 3. The number of pyridine rings is 1. The molecule has 2 aromatic rings. The number of hydrogen-bond donors (Lipinski definition) is 1. The molecule has 0 radical (unpaired) electrons. The highest BCUT2D eigenvalue weighted by Crippen LogP contribution is 2.45. The molecule has 4 heterocycles. The van der Waals surface area contributed by atoms with Crippen LogP contribution in [0.25, 0.3) is 0 Å². The van der Waals surface area contributed by atoms with Crippen LogP contribution in [0.15, 0.2) is 23.1 Å². The van der Waals surface area contributed by atoms with Crippen molar-refractivity contribution in [2.45, 2.75) is 77.0 Å². The predicted molar refractivity (Wildman–Crippen MR) is 137 cm³/mol. The lowest BCUT2D eigenvalue weighted by Crippen LogP contribution is -2.53. The van der Waals surface area contributed by atoms with E-state index in [-0.39, 0.29) is 42.8 Å². The quantitative estimate of drug-likeness (QED) is 0.516. The lowest BCUT2D eigenvalue weighted by molar-refractivity contribution is -0.0988. The van der Waals surface area contributed by atoms with E-state index < -0.39 is 64.7 Å². The van der Waals surface area contributed by atoms with Crippen molar-refractivity contribution in [1.29, 1.82) is 0 Å². The van der Waals surface area contributed by atoms with Gasteiger partial charge in [0.05, 0.1) is 19.3 Å². The van der Waals surface area contributed by atoms with Gasteiger partial charge in [-0.3, -0.25) is 14.4 Å². The second kappa shape index (κ2) is 10.9. The van der Waals surface area contributed by atoms with Gasteiger partial charge < -0.3 is 29.0 Å². The van der Waals surface area contributed by atoms with Crippen molar-refractivity contribution < 1.29 is 37.0 Å². The number of rotatable bonds is 7. The number of fused-ring (bicyclic) bond motifs is 5. The number of unbranched alkanes of at least 4 members (excludes halogenated alkanes) is 1. The molecular weight excluding hydrogens is 531 g/mol. The number of aromatic nitrogens is 1. The monoisotopic (exact) mass is 563 g/mol. The summed E-state index contributed by atoms with van der Waals surface area (Å²) in [6, 6.07) is 0.381. The first-order chi connectivity index (χ1) is 19.1. The molecule has 4 atom stereocenters. The van der Waals surface area contributed by atoms with Crippen LogP contribution in [0.1, 0.15) is 78.9 Å². The fourth-order valence-corrected chi connectivity index (χ4v) is 5.71. The standard InChI is InChI=1S/C28H32F3N3O6/c1-4-5-8-38-25-23-27(37)33-13-22(28(7-6-15(33)2)14-39-16(3)40-28)34(23)12-19(24(25)35)26(36)32-11-18-20(30)9-17(29)10-21(18)31/h9-10,12,15-16,22H,4-8,11,13-14H2,1-3H3,(H,32,36)/t15-,16?,22+,28-/m0/s1. The molecule has 2 amide bonds. The third kappa shape index (κ3) is 4.87. The van der Waals surface area contributed by atoms with E-state index in [1.165, 1.54) is 6.20 Å². The number of carbonyl (C=O) groups excluding carboxylic acids is 2. The van der Waals surface area contributed by atoms with Gasteiger partial charge >= 0.3 is 0 Å². The number of amides is 2. The molecule has 12 heteroatoms. The second-order valence-electron chi connectivity index (χ2n) is 10.6. The first kappa shape index (κ1) is 28.2. The van der Waals surface area contributed by atoms with Gasteiger partial charge in [0.1, 0.15) is 28.6 Å². The van der Waals surface area contributed by atoms with Gasteiger partial charge in [0.15, 0.2) is 17.7 Å². The van der Waals surface area contributed by atoms with E-state index >= 15 is 0 Å². The predicted octanol–water partition coefficient (Wildman–Crippen LogP) is 3.69. The van der Waals surface area contributed by atoms with Gasteiger partial charge in [0, 0.05) is 43.0 Å². The van der Waals surface area contributed by atoms with Gasteiger partial charge in [-0.2, -0.15) is 0 Å². The van der Waals surface area contributed by atoms with Gasteiger partial charge in [-0.25, -0.2) is 13.2 Å². The Morgan fingerprint density at radius 2 is 1.93 bits per heavy atom. The third-order valence-corrected chi connectivity index (χ3v) is 7.97. The Hall–Kier alpha value is -3.38. The van der Waals surface area contributed by atoms with E-state index in [9.17, 15) is 27.6 Å². The molecule has 2 fully saturated rings. The first-order valence-electron chi connectivity index (χ1n) is 13.5. The number of hydrogen-bond acceptors (Lipinski definition) is 6. The SMILES string of the molecule is CCCCOc1c2n(cc(C(=O)NCc3c(F)cc(F)cc3F)c1=O)[C@@H]1CN(C2=O)[C@@H](C)CC[C@]12COC(C)O2. The van der Waals surface area contributed by atoms with Crippen LogP contribution in [0.2, 0.25) is 0 Å². The number of benzene rings is 1. The maximum absolute atomic E-state index is 14.2. The van der Waals surface area contributed by atoms with E-state index in [0.717, 1.165) is 6.42 Å². The van der Waals surface area contributed by atoms with Crippen LogP contribution in [0.5, 0.6) is 5.75 Å². The molecule has 1 aromatic carbocycles. The summed E-state index contributed by atoms with van der Waals surface area (Å²) in [4.78, 5) is 42.4. The molecule has 216 valence electrons. The maximum atomic E-state index is 14.2. The lowest BCUT2D eigenvalue weighted by atomic mass is 9.89. The molecule has 1 aromatic heterocycles. The summed E-state index contributed by atoms with van der Waals surface area (Å²) in [7, 11) is 0. The summed E-state index contributed by atoms with van der Waals surface area (Å²) in [5, 5.41) is 2.35. The molecule has 2 bridgehead atoms. The van der Waals surface area contributed by atoms with Crippen molar-refractivity contribution in [3.05, 3.63) is 62.8 Å². The van der Waals surface area contributed by atoms with Crippen LogP contribution >= 0.6 is 0 Å². The normalized spacial score (nSPS) is 25.6. The van der Waals surface area contributed by atoms with Gasteiger partial charge in [-0.05, 0) is 33.1 Å². The highest BCUT2D eigenvalue weighted by molar-refractivity contribution is 5.99. The van der Waals surface area contributed by atoms with Crippen LogP contribution in [-0.4, -0.2) is 59.0 Å². The average molecular weight is 564 g/mol. The van der Waals surface area contributed by atoms with Crippen LogP contribution in [0.4, 0.5) is 13.2 Å². The van der Waals surface area contributed by atoms with E-state index in [1.807, 2.05) is 13.8 Å². The highest BCUT2D eigenvalue weighted by Gasteiger charge is 2.54. The molecule has 0 aliphatic carbocycles. The van der Waals surface area contributed by atoms with Crippen LogP contribution in [0, 0.1) is 17.5 Å². The molecule has 5 rings (SSSR count).